The van der Waals surface area contributed by atoms with Crippen LogP contribution in [0.4, 0.5) is 0 Å². The maximum Gasteiger partial charge on any atom is 0.341 e. The number of rotatable bonds is 10. The fourth-order valence-electron chi connectivity index (χ4n) is 4.11. The Balaban J connectivity index is 1.89. The molecule has 7 nitrogen and oxygen atoms in total. The molecule has 4 rings (SSSR count). The Bertz CT molecular complexity index is 1360. The summed E-state index contributed by atoms with van der Waals surface area (Å²) in [6.07, 6.45) is 0. The summed E-state index contributed by atoms with van der Waals surface area (Å²) in [5.41, 5.74) is 5.23. The van der Waals surface area contributed by atoms with Crippen LogP contribution in [0.5, 0.6) is 17.2 Å². The van der Waals surface area contributed by atoms with Gasteiger partial charge in [-0.05, 0) is 47.9 Å². The molecule has 1 N–H and O–H groups in total. The van der Waals surface area contributed by atoms with Crippen molar-refractivity contribution < 1.29 is 24.1 Å². The normalized spacial score (nSPS) is 10.9. The predicted octanol–water partition coefficient (Wildman–Crippen LogP) is 5.87. The van der Waals surface area contributed by atoms with Gasteiger partial charge in [0, 0.05) is 16.7 Å². The van der Waals surface area contributed by atoms with Gasteiger partial charge in [0.05, 0.1) is 32.2 Å². The van der Waals surface area contributed by atoms with Crippen molar-refractivity contribution in [3.63, 3.8) is 0 Å². The third-order valence-electron chi connectivity index (χ3n) is 5.97. The number of benzene rings is 3. The van der Waals surface area contributed by atoms with Crippen LogP contribution in [0.25, 0.3) is 22.5 Å². The number of ether oxygens (including phenoxy) is 3. The molecule has 4 aromatic rings. The zero-order chi connectivity index (χ0) is 25.7. The monoisotopic (exact) mass is 486 g/mol. The molecule has 7 heteroatoms. The van der Waals surface area contributed by atoms with Crippen LogP contribution in [0.15, 0.2) is 72.8 Å². The number of carboxylic acid groups (broad SMARTS) is 1. The summed E-state index contributed by atoms with van der Waals surface area (Å²) < 4.78 is 18.8. The van der Waals surface area contributed by atoms with Crippen LogP contribution in [0.1, 0.15) is 30.9 Å². The summed E-state index contributed by atoms with van der Waals surface area (Å²) in [5.74, 6) is 1.21. The smallest absolute Gasteiger partial charge is 0.341 e. The quantitative estimate of drug-likeness (QED) is 0.302. The van der Waals surface area contributed by atoms with Gasteiger partial charge in [-0.1, -0.05) is 50.2 Å². The Morgan fingerprint density at radius 2 is 1.58 bits per heavy atom. The lowest BCUT2D eigenvalue weighted by molar-refractivity contribution is -0.139. The topological polar surface area (TPSA) is 82.8 Å². The summed E-state index contributed by atoms with van der Waals surface area (Å²) in [5, 5.41) is 14.1. The van der Waals surface area contributed by atoms with Gasteiger partial charge >= 0.3 is 5.97 Å². The van der Waals surface area contributed by atoms with Crippen molar-refractivity contribution in [1.82, 2.24) is 9.78 Å². The highest BCUT2D eigenvalue weighted by Crippen LogP contribution is 2.37. The minimum Gasteiger partial charge on any atom is -0.496 e. The maximum absolute atomic E-state index is 11.2. The minimum atomic E-state index is -1.04. The Morgan fingerprint density at radius 1 is 0.889 bits per heavy atom. The van der Waals surface area contributed by atoms with Crippen molar-refractivity contribution in [3.8, 4) is 39.8 Å². The van der Waals surface area contributed by atoms with Crippen molar-refractivity contribution in [2.45, 2.75) is 26.3 Å². The van der Waals surface area contributed by atoms with E-state index in [-0.39, 0.29) is 5.92 Å². The molecule has 0 spiro atoms. The molecule has 1 heterocycles. The molecule has 0 radical (unpaired) electrons. The first-order valence-electron chi connectivity index (χ1n) is 11.7. The van der Waals surface area contributed by atoms with Crippen LogP contribution < -0.4 is 14.2 Å². The molecule has 0 saturated carbocycles. The Kier molecular flexibility index (Phi) is 7.59. The molecule has 36 heavy (non-hydrogen) atoms. The van der Waals surface area contributed by atoms with Crippen molar-refractivity contribution in [3.05, 3.63) is 83.9 Å². The number of nitrogens with zero attached hydrogens (tertiary/aromatic N) is 2. The Hall–Kier alpha value is -4.26. The van der Waals surface area contributed by atoms with Crippen LogP contribution in [0.3, 0.4) is 0 Å². The van der Waals surface area contributed by atoms with Crippen LogP contribution in [0.2, 0.25) is 0 Å². The molecule has 0 fully saturated rings. The Morgan fingerprint density at radius 3 is 2.28 bits per heavy atom. The molecule has 0 aliphatic carbocycles. The third-order valence-corrected chi connectivity index (χ3v) is 5.97. The fourth-order valence-corrected chi connectivity index (χ4v) is 4.11. The molecule has 1 aromatic heterocycles. The van der Waals surface area contributed by atoms with Gasteiger partial charge < -0.3 is 19.3 Å². The molecule has 3 aromatic carbocycles. The predicted molar refractivity (Wildman–Crippen MR) is 139 cm³/mol. The molecular formula is C29H30N2O5. The summed E-state index contributed by atoms with van der Waals surface area (Å²) in [7, 11) is 3.29. The largest absolute Gasteiger partial charge is 0.496 e. The summed E-state index contributed by atoms with van der Waals surface area (Å²) >= 11 is 0. The van der Waals surface area contributed by atoms with Gasteiger partial charge in [-0.25, -0.2) is 4.79 Å². The van der Waals surface area contributed by atoms with E-state index < -0.39 is 12.6 Å². The van der Waals surface area contributed by atoms with Gasteiger partial charge in [0.15, 0.2) is 6.61 Å². The van der Waals surface area contributed by atoms with Crippen molar-refractivity contribution >= 4 is 5.97 Å². The molecular weight excluding hydrogens is 456 g/mol. The highest BCUT2D eigenvalue weighted by Gasteiger charge is 2.20. The number of aromatic nitrogens is 2. The molecule has 0 saturated heterocycles. The maximum atomic E-state index is 11.2. The minimum absolute atomic E-state index is 0.279. The van der Waals surface area contributed by atoms with Gasteiger partial charge in [-0.3, -0.25) is 4.68 Å². The van der Waals surface area contributed by atoms with Gasteiger partial charge in [0.2, 0.25) is 0 Å². The zero-order valence-electron chi connectivity index (χ0n) is 20.9. The first-order chi connectivity index (χ1) is 17.4. The SMILES string of the molecule is COc1ccccc1Cn1nc(-c2cc(C(C)C)ccc2OCC(=O)O)cc1-c1ccccc1OC. The highest BCUT2D eigenvalue weighted by atomic mass is 16.5. The molecule has 0 unspecified atom stereocenters. The van der Waals surface area contributed by atoms with Crippen molar-refractivity contribution in [2.24, 2.45) is 0 Å². The van der Waals surface area contributed by atoms with E-state index in [1.807, 2.05) is 77.5 Å². The summed E-state index contributed by atoms with van der Waals surface area (Å²) in [6, 6.07) is 23.4. The van der Waals surface area contributed by atoms with Crippen LogP contribution in [0, 0.1) is 0 Å². The van der Waals surface area contributed by atoms with Gasteiger partial charge in [-0.15, -0.1) is 0 Å². The van der Waals surface area contributed by atoms with Crippen molar-refractivity contribution in [1.29, 1.82) is 0 Å². The Labute approximate surface area is 210 Å². The molecule has 186 valence electrons. The first kappa shape index (κ1) is 24.9. The summed E-state index contributed by atoms with van der Waals surface area (Å²) in [4.78, 5) is 11.2. The van der Waals surface area contributed by atoms with E-state index in [1.165, 1.54) is 0 Å². The second-order valence-corrected chi connectivity index (χ2v) is 8.68. The van der Waals surface area contributed by atoms with Gasteiger partial charge in [0.25, 0.3) is 0 Å². The van der Waals surface area contributed by atoms with Crippen LogP contribution in [-0.2, 0) is 11.3 Å². The molecule has 0 atom stereocenters. The van der Waals surface area contributed by atoms with Gasteiger partial charge in [0.1, 0.15) is 17.2 Å². The summed E-state index contributed by atoms with van der Waals surface area (Å²) in [6.45, 7) is 4.25. The third kappa shape index (κ3) is 5.35. The van der Waals surface area contributed by atoms with E-state index in [0.29, 0.717) is 18.0 Å². The lowest BCUT2D eigenvalue weighted by Crippen LogP contribution is -2.10. The standard InChI is InChI=1S/C29H30N2O5/c1-19(2)20-13-14-28(36-18-29(32)33)23(15-20)24-16-25(22-10-6-8-12-27(22)35-4)31(30-24)17-21-9-5-7-11-26(21)34-3/h5-16,19H,17-18H2,1-4H3,(H,32,33). The van der Waals surface area contributed by atoms with E-state index in [1.54, 1.807) is 14.2 Å². The molecule has 0 bridgehead atoms. The van der Waals surface area contributed by atoms with Crippen LogP contribution in [-0.4, -0.2) is 41.7 Å². The average molecular weight is 487 g/mol. The molecule has 0 aliphatic heterocycles. The lowest BCUT2D eigenvalue weighted by Gasteiger charge is -2.13. The second-order valence-electron chi connectivity index (χ2n) is 8.68. The number of methoxy groups -OCH3 is 2. The fraction of sp³-hybridized carbons (Fsp3) is 0.241. The number of aliphatic carboxylic acids is 1. The zero-order valence-corrected chi connectivity index (χ0v) is 20.9. The number of carbonyl (C=O) groups is 1. The highest BCUT2D eigenvalue weighted by molar-refractivity contribution is 5.76. The number of hydrogen-bond donors (Lipinski definition) is 1. The van der Waals surface area contributed by atoms with E-state index in [0.717, 1.165) is 39.4 Å². The van der Waals surface area contributed by atoms with E-state index in [9.17, 15) is 9.90 Å². The molecule has 0 aliphatic rings. The van der Waals surface area contributed by atoms with Crippen LogP contribution >= 0.6 is 0 Å². The number of hydrogen-bond acceptors (Lipinski definition) is 5. The van der Waals surface area contributed by atoms with E-state index in [4.69, 9.17) is 19.3 Å². The lowest BCUT2D eigenvalue weighted by atomic mass is 9.98. The van der Waals surface area contributed by atoms with Gasteiger partial charge in [-0.2, -0.15) is 5.10 Å². The first-order valence-corrected chi connectivity index (χ1v) is 11.7. The second kappa shape index (κ2) is 11.0. The number of carboxylic acids is 1. The van der Waals surface area contributed by atoms with Crippen molar-refractivity contribution in [2.75, 3.05) is 20.8 Å². The van der Waals surface area contributed by atoms with E-state index >= 15 is 0 Å². The van der Waals surface area contributed by atoms with E-state index in [2.05, 4.69) is 13.8 Å². The molecule has 0 amide bonds. The number of para-hydroxylation sites is 2. The average Bonchev–Trinajstić information content (AvgIpc) is 3.30.